The molecule has 0 atom stereocenters. The Balaban J connectivity index is 0.000000291. The molecule has 1 aliphatic heterocycles. The van der Waals surface area contributed by atoms with Gasteiger partial charge in [0.05, 0.1) is 0 Å². The smallest absolute Gasteiger partial charge is 0.0238 e. The maximum atomic E-state index is 8.74. The second-order valence-electron chi connectivity index (χ2n) is 2.01. The first-order chi connectivity index (χ1) is 4.39. The minimum atomic E-state index is 0.875. The Morgan fingerprint density at radius 3 is 1.67 bits per heavy atom. The van der Waals surface area contributed by atoms with Gasteiger partial charge < -0.3 is 5.21 Å². The van der Waals surface area contributed by atoms with Gasteiger partial charge in [-0.3, -0.25) is 0 Å². The summed E-state index contributed by atoms with van der Waals surface area (Å²) in [6.07, 6.45) is 3.62. The van der Waals surface area contributed by atoms with E-state index in [2.05, 4.69) is 0 Å². The van der Waals surface area contributed by atoms with Crippen LogP contribution in [0.1, 0.15) is 33.1 Å². The fraction of sp³-hybridized carbons (Fsp3) is 1.00. The lowest BCUT2D eigenvalue weighted by Crippen LogP contribution is -2.25. The minimum Gasteiger partial charge on any atom is -0.314 e. The number of nitrogens with zero attached hydrogens (tertiary/aromatic N) is 1. The Kier molecular flexibility index (Phi) is 5.99. The van der Waals surface area contributed by atoms with Gasteiger partial charge in [0, 0.05) is 13.1 Å². The first-order valence-corrected chi connectivity index (χ1v) is 3.83. The van der Waals surface area contributed by atoms with Crippen molar-refractivity contribution in [2.24, 2.45) is 0 Å². The number of piperidine rings is 1. The second kappa shape index (κ2) is 6.05. The third-order valence-corrected chi connectivity index (χ3v) is 1.33. The van der Waals surface area contributed by atoms with Crippen LogP contribution in [0.25, 0.3) is 0 Å². The van der Waals surface area contributed by atoms with Gasteiger partial charge in [-0.25, -0.2) is 0 Å². The number of hydroxylamine groups is 2. The Morgan fingerprint density at radius 2 is 1.44 bits per heavy atom. The second-order valence-corrected chi connectivity index (χ2v) is 2.01. The summed E-state index contributed by atoms with van der Waals surface area (Å²) in [4.78, 5) is 0. The highest BCUT2D eigenvalue weighted by Gasteiger charge is 2.04. The van der Waals surface area contributed by atoms with E-state index in [1.165, 1.54) is 11.5 Å². The van der Waals surface area contributed by atoms with Gasteiger partial charge in [-0.1, -0.05) is 20.3 Å². The van der Waals surface area contributed by atoms with Crippen molar-refractivity contribution in [1.29, 1.82) is 0 Å². The number of hydrogen-bond acceptors (Lipinski definition) is 2. The summed E-state index contributed by atoms with van der Waals surface area (Å²) in [6.45, 7) is 5.75. The van der Waals surface area contributed by atoms with Crippen molar-refractivity contribution in [2.75, 3.05) is 13.1 Å². The van der Waals surface area contributed by atoms with E-state index in [1.807, 2.05) is 13.8 Å². The van der Waals surface area contributed by atoms with Gasteiger partial charge in [-0.15, -0.1) is 0 Å². The molecule has 0 aromatic carbocycles. The molecule has 0 radical (unpaired) electrons. The van der Waals surface area contributed by atoms with Crippen molar-refractivity contribution in [2.45, 2.75) is 33.1 Å². The summed E-state index contributed by atoms with van der Waals surface area (Å²) >= 11 is 0. The third-order valence-electron chi connectivity index (χ3n) is 1.33. The van der Waals surface area contributed by atoms with Crippen LogP contribution in [0, 0.1) is 0 Å². The molecule has 2 nitrogen and oxygen atoms in total. The zero-order valence-corrected chi connectivity index (χ0v) is 6.43. The van der Waals surface area contributed by atoms with E-state index < -0.39 is 0 Å². The molecule has 1 aliphatic rings. The van der Waals surface area contributed by atoms with Crippen molar-refractivity contribution < 1.29 is 5.21 Å². The molecular formula is C7H17NO. The number of rotatable bonds is 0. The Hall–Kier alpha value is -0.0800. The maximum absolute atomic E-state index is 8.74. The van der Waals surface area contributed by atoms with Crippen LogP contribution in [0.15, 0.2) is 0 Å². The van der Waals surface area contributed by atoms with Crippen LogP contribution in [-0.2, 0) is 0 Å². The maximum Gasteiger partial charge on any atom is 0.0238 e. The van der Waals surface area contributed by atoms with Gasteiger partial charge in [-0.2, -0.15) is 5.06 Å². The quantitative estimate of drug-likeness (QED) is 0.542. The molecule has 0 bridgehead atoms. The van der Waals surface area contributed by atoms with E-state index in [0.717, 1.165) is 25.9 Å². The highest BCUT2D eigenvalue weighted by atomic mass is 16.5. The van der Waals surface area contributed by atoms with Crippen molar-refractivity contribution in [3.8, 4) is 0 Å². The van der Waals surface area contributed by atoms with Gasteiger partial charge in [0.25, 0.3) is 0 Å². The molecule has 9 heavy (non-hydrogen) atoms. The van der Waals surface area contributed by atoms with Gasteiger partial charge in [0.15, 0.2) is 0 Å². The van der Waals surface area contributed by atoms with Gasteiger partial charge >= 0.3 is 0 Å². The van der Waals surface area contributed by atoms with Crippen LogP contribution >= 0.6 is 0 Å². The van der Waals surface area contributed by atoms with Crippen molar-refractivity contribution in [3.05, 3.63) is 0 Å². The van der Waals surface area contributed by atoms with E-state index in [-0.39, 0.29) is 0 Å². The third kappa shape index (κ3) is 4.43. The zero-order chi connectivity index (χ0) is 7.11. The van der Waals surface area contributed by atoms with Crippen molar-refractivity contribution in [1.82, 2.24) is 5.06 Å². The molecule has 0 spiro atoms. The average Bonchev–Trinajstić information content (AvgIpc) is 1.94. The molecule has 0 amide bonds. The summed E-state index contributed by atoms with van der Waals surface area (Å²) in [5.74, 6) is 0. The molecule has 56 valence electrons. The van der Waals surface area contributed by atoms with Gasteiger partial charge in [0.2, 0.25) is 0 Å². The lowest BCUT2D eigenvalue weighted by Gasteiger charge is -2.18. The molecule has 1 heterocycles. The molecule has 0 aliphatic carbocycles. The Bertz CT molecular complexity index is 50.9. The van der Waals surface area contributed by atoms with E-state index in [9.17, 15) is 0 Å². The van der Waals surface area contributed by atoms with Gasteiger partial charge in [0.1, 0.15) is 0 Å². The molecular weight excluding hydrogens is 114 g/mol. The molecule has 1 fully saturated rings. The van der Waals surface area contributed by atoms with Gasteiger partial charge in [-0.05, 0) is 12.8 Å². The molecule has 1 saturated heterocycles. The van der Waals surface area contributed by atoms with Crippen LogP contribution in [0.5, 0.6) is 0 Å². The monoisotopic (exact) mass is 131 g/mol. The van der Waals surface area contributed by atoms with Crippen LogP contribution in [0.4, 0.5) is 0 Å². The normalized spacial score (nSPS) is 20.3. The summed E-state index contributed by atoms with van der Waals surface area (Å²) in [5.41, 5.74) is 0. The molecule has 0 aromatic heterocycles. The molecule has 1 N–H and O–H groups in total. The van der Waals surface area contributed by atoms with E-state index in [4.69, 9.17) is 5.21 Å². The van der Waals surface area contributed by atoms with Crippen LogP contribution in [-0.4, -0.2) is 23.4 Å². The number of hydrogen-bond donors (Lipinski definition) is 1. The van der Waals surface area contributed by atoms with Crippen molar-refractivity contribution in [3.63, 3.8) is 0 Å². The molecule has 0 saturated carbocycles. The standard InChI is InChI=1S/C5H11NO.C2H6/c7-6-4-2-1-3-5-6;1-2/h7H,1-5H2;1-2H3. The molecule has 2 heteroatoms. The fourth-order valence-electron chi connectivity index (χ4n) is 0.877. The Labute approximate surface area is 57.4 Å². The highest BCUT2D eigenvalue weighted by molar-refractivity contribution is 4.54. The van der Waals surface area contributed by atoms with E-state index in [0.29, 0.717) is 0 Å². The molecule has 0 unspecified atom stereocenters. The first-order valence-electron chi connectivity index (χ1n) is 3.83. The van der Waals surface area contributed by atoms with Crippen LogP contribution in [0.2, 0.25) is 0 Å². The summed E-state index contributed by atoms with van der Waals surface area (Å²) in [7, 11) is 0. The topological polar surface area (TPSA) is 23.5 Å². The summed E-state index contributed by atoms with van der Waals surface area (Å²) in [6, 6.07) is 0. The lowest BCUT2D eigenvalue weighted by molar-refractivity contribution is -0.103. The van der Waals surface area contributed by atoms with Crippen LogP contribution < -0.4 is 0 Å². The lowest BCUT2D eigenvalue weighted by atomic mass is 10.2. The fourth-order valence-corrected chi connectivity index (χ4v) is 0.877. The molecule has 0 aromatic rings. The summed E-state index contributed by atoms with van der Waals surface area (Å²) < 4.78 is 0. The summed E-state index contributed by atoms with van der Waals surface area (Å²) in [5, 5.41) is 10.1. The molecule has 1 rings (SSSR count). The van der Waals surface area contributed by atoms with E-state index in [1.54, 1.807) is 0 Å². The largest absolute Gasteiger partial charge is 0.314 e. The predicted octanol–water partition coefficient (Wildman–Crippen LogP) is 1.89. The SMILES string of the molecule is CC.ON1CCCCC1. The van der Waals surface area contributed by atoms with Crippen LogP contribution in [0.3, 0.4) is 0 Å². The van der Waals surface area contributed by atoms with E-state index >= 15 is 0 Å². The highest BCUT2D eigenvalue weighted by Crippen LogP contribution is 2.04. The Morgan fingerprint density at radius 1 is 1.00 bits per heavy atom. The zero-order valence-electron chi connectivity index (χ0n) is 6.43. The average molecular weight is 131 g/mol. The first kappa shape index (κ1) is 8.92. The minimum absolute atomic E-state index is 0.875. The van der Waals surface area contributed by atoms with Crippen molar-refractivity contribution >= 4 is 0 Å². The predicted molar refractivity (Wildman–Crippen MR) is 38.6 cm³/mol.